The number of carbonyl (C=O) groups is 1. The molecule has 3 aromatic rings. The number of hydrogen-bond donors (Lipinski definition) is 2. The lowest BCUT2D eigenvalue weighted by Crippen LogP contribution is -2.18. The van der Waals surface area contributed by atoms with Gasteiger partial charge in [-0.2, -0.15) is 14.1 Å². The molecule has 0 radical (unpaired) electrons. The van der Waals surface area contributed by atoms with Crippen molar-refractivity contribution in [2.45, 2.75) is 19.5 Å². The summed E-state index contributed by atoms with van der Waals surface area (Å²) in [5, 5.41) is 15.4. The van der Waals surface area contributed by atoms with Gasteiger partial charge in [0.25, 0.3) is 6.43 Å². The summed E-state index contributed by atoms with van der Waals surface area (Å²) in [5.74, 6) is -0.758. The highest BCUT2D eigenvalue weighted by Crippen LogP contribution is 2.25. The third kappa shape index (κ3) is 3.81. The van der Waals surface area contributed by atoms with Gasteiger partial charge in [-0.3, -0.25) is 0 Å². The fraction of sp³-hybridized carbons (Fsp3) is 0.250. The van der Waals surface area contributed by atoms with Crippen molar-refractivity contribution in [2.24, 2.45) is 4.99 Å². The Morgan fingerprint density at radius 3 is 2.82 bits per heavy atom. The number of aromatic nitrogens is 4. The zero-order chi connectivity index (χ0) is 20.4. The van der Waals surface area contributed by atoms with Crippen LogP contribution in [-0.4, -0.2) is 37.7 Å². The highest BCUT2D eigenvalue weighted by Gasteiger charge is 2.19. The maximum Gasteiger partial charge on any atom is 0.346 e. The summed E-state index contributed by atoms with van der Waals surface area (Å²) in [6.07, 6.45) is -1.33. The lowest BCUT2D eigenvalue weighted by Gasteiger charge is -2.16. The van der Waals surface area contributed by atoms with Gasteiger partial charge in [0.15, 0.2) is 5.65 Å². The molecule has 0 aliphatic carbocycles. The molecular formula is C16H15F3N6O3. The first kappa shape index (κ1) is 19.4. The topological polar surface area (TPSA) is 106 Å². The van der Waals surface area contributed by atoms with Crippen LogP contribution in [0.15, 0.2) is 35.6 Å². The minimum Gasteiger partial charge on any atom is -0.429 e. The van der Waals surface area contributed by atoms with Crippen LogP contribution in [0.3, 0.4) is 0 Å². The maximum atomic E-state index is 13.5. The van der Waals surface area contributed by atoms with Gasteiger partial charge >= 0.3 is 6.03 Å². The Hall–Kier alpha value is -3.41. The fourth-order valence-electron chi connectivity index (χ4n) is 2.51. The maximum absolute atomic E-state index is 13.5. The highest BCUT2D eigenvalue weighted by molar-refractivity contribution is 5.90. The Labute approximate surface area is 155 Å². The van der Waals surface area contributed by atoms with Gasteiger partial charge < -0.3 is 15.3 Å². The zero-order valence-corrected chi connectivity index (χ0v) is 14.7. The van der Waals surface area contributed by atoms with Crippen molar-refractivity contribution in [3.63, 3.8) is 0 Å². The van der Waals surface area contributed by atoms with E-state index in [2.05, 4.69) is 20.4 Å². The van der Waals surface area contributed by atoms with Gasteiger partial charge in [0.05, 0.1) is 29.0 Å². The SMILES string of the molecule is CO[C@@H](C)c1c(NC(=O)N=c2ccn(O)c(C(F)F)c2)cnc2cc(F)nn12. The van der Waals surface area contributed by atoms with Crippen LogP contribution in [0.2, 0.25) is 0 Å². The summed E-state index contributed by atoms with van der Waals surface area (Å²) in [4.78, 5) is 19.9. The van der Waals surface area contributed by atoms with Crippen molar-refractivity contribution < 1.29 is 27.9 Å². The lowest BCUT2D eigenvalue weighted by atomic mass is 10.2. The molecule has 9 nitrogen and oxygen atoms in total. The molecular weight excluding hydrogens is 381 g/mol. The van der Waals surface area contributed by atoms with Crippen molar-refractivity contribution in [1.29, 1.82) is 0 Å². The summed E-state index contributed by atoms with van der Waals surface area (Å²) in [7, 11) is 1.42. The van der Waals surface area contributed by atoms with E-state index in [0.717, 1.165) is 18.3 Å². The predicted molar refractivity (Wildman–Crippen MR) is 89.5 cm³/mol. The number of hydrogen-bond acceptors (Lipinski definition) is 5. The molecule has 12 heteroatoms. The second-order valence-corrected chi connectivity index (χ2v) is 5.67. The van der Waals surface area contributed by atoms with Gasteiger partial charge in [0.1, 0.15) is 5.69 Å². The molecule has 0 spiro atoms. The number of pyridine rings is 1. The Balaban J connectivity index is 1.98. The average molecular weight is 396 g/mol. The van der Waals surface area contributed by atoms with E-state index >= 15 is 0 Å². The molecule has 1 atom stereocenters. The second-order valence-electron chi connectivity index (χ2n) is 5.67. The smallest absolute Gasteiger partial charge is 0.346 e. The largest absolute Gasteiger partial charge is 0.429 e. The van der Waals surface area contributed by atoms with Gasteiger partial charge in [0, 0.05) is 19.4 Å². The predicted octanol–water partition coefficient (Wildman–Crippen LogP) is 2.69. The second kappa shape index (κ2) is 7.68. The van der Waals surface area contributed by atoms with Crippen molar-refractivity contribution >= 4 is 17.4 Å². The molecule has 2 amide bonds. The van der Waals surface area contributed by atoms with Gasteiger partial charge in [0.2, 0.25) is 5.95 Å². The number of nitrogens with zero attached hydrogens (tertiary/aromatic N) is 5. The molecule has 0 bridgehead atoms. The molecule has 0 aromatic carbocycles. The van der Waals surface area contributed by atoms with Crippen molar-refractivity contribution in [3.05, 3.63) is 53.3 Å². The number of ether oxygens (including phenoxy) is 1. The zero-order valence-electron chi connectivity index (χ0n) is 14.7. The number of halogens is 3. The lowest BCUT2D eigenvalue weighted by molar-refractivity contribution is 0.0927. The van der Waals surface area contributed by atoms with Crippen molar-refractivity contribution in [2.75, 3.05) is 12.4 Å². The number of nitrogens with one attached hydrogen (secondary N) is 1. The van der Waals surface area contributed by atoms with Crippen LogP contribution in [0.25, 0.3) is 5.65 Å². The quantitative estimate of drug-likeness (QED) is 0.660. The number of anilines is 1. The first-order chi connectivity index (χ1) is 13.3. The molecule has 0 aliphatic heterocycles. The number of urea groups is 1. The van der Waals surface area contributed by atoms with Crippen LogP contribution in [0, 0.1) is 5.95 Å². The highest BCUT2D eigenvalue weighted by atomic mass is 19.3. The van der Waals surface area contributed by atoms with Crippen LogP contribution in [0.5, 0.6) is 0 Å². The van der Waals surface area contributed by atoms with E-state index in [1.807, 2.05) is 0 Å². The number of amides is 2. The molecule has 2 N–H and O–H groups in total. The first-order valence-corrected chi connectivity index (χ1v) is 7.93. The van der Waals surface area contributed by atoms with E-state index in [9.17, 15) is 23.2 Å². The molecule has 0 fully saturated rings. The number of carbonyl (C=O) groups excluding carboxylic acids is 1. The molecule has 0 aliphatic rings. The molecule has 148 valence electrons. The summed E-state index contributed by atoms with van der Waals surface area (Å²) in [5.41, 5.74) is -0.0447. The van der Waals surface area contributed by atoms with Crippen LogP contribution in [0.4, 0.5) is 23.7 Å². The molecule has 3 aromatic heterocycles. The van der Waals surface area contributed by atoms with Crippen LogP contribution >= 0.6 is 0 Å². The van der Waals surface area contributed by atoms with Gasteiger partial charge in [-0.1, -0.05) is 0 Å². The van der Waals surface area contributed by atoms with E-state index in [-0.39, 0.29) is 21.4 Å². The molecule has 28 heavy (non-hydrogen) atoms. The Bertz CT molecular complexity index is 1090. The van der Waals surface area contributed by atoms with E-state index in [4.69, 9.17) is 4.74 Å². The number of fused-ring (bicyclic) bond motifs is 1. The minimum absolute atomic E-state index is 0.0985. The normalized spacial score (nSPS) is 13.3. The number of methoxy groups -OCH3 is 1. The summed E-state index contributed by atoms with van der Waals surface area (Å²) in [6, 6.07) is 2.26. The third-order valence-corrected chi connectivity index (χ3v) is 3.87. The summed E-state index contributed by atoms with van der Waals surface area (Å²) >= 11 is 0. The molecule has 0 unspecified atom stereocenters. The van der Waals surface area contributed by atoms with E-state index < -0.39 is 30.2 Å². The minimum atomic E-state index is -2.96. The average Bonchev–Trinajstić information content (AvgIpc) is 3.02. The standard InChI is InChI=1S/C16H15F3N6O3/c1-8(28-2)14-10(7-20-13-6-12(17)23-25(13)14)22-16(26)21-9-3-4-24(27)11(5-9)15(18)19/h3-8,15,27H,1-2H3,(H,22,26)/t8-/m0/s1. The van der Waals surface area contributed by atoms with Crippen LogP contribution in [0.1, 0.15) is 30.8 Å². The molecule has 0 saturated carbocycles. The van der Waals surface area contributed by atoms with Gasteiger partial charge in [-0.05, 0) is 19.1 Å². The number of alkyl halides is 2. The summed E-state index contributed by atoms with van der Waals surface area (Å²) < 4.78 is 45.8. The fourth-order valence-corrected chi connectivity index (χ4v) is 2.51. The van der Waals surface area contributed by atoms with Crippen molar-refractivity contribution in [1.82, 2.24) is 19.3 Å². The monoisotopic (exact) mass is 396 g/mol. The summed E-state index contributed by atoms with van der Waals surface area (Å²) in [6.45, 7) is 1.66. The molecule has 0 saturated heterocycles. The molecule has 3 rings (SSSR count). The van der Waals surface area contributed by atoms with E-state index in [0.29, 0.717) is 5.69 Å². The Kier molecular flexibility index (Phi) is 5.31. The third-order valence-electron chi connectivity index (χ3n) is 3.87. The van der Waals surface area contributed by atoms with Gasteiger partial charge in [-0.25, -0.2) is 23.1 Å². The van der Waals surface area contributed by atoms with Crippen LogP contribution in [-0.2, 0) is 4.74 Å². The van der Waals surface area contributed by atoms with E-state index in [1.54, 1.807) is 6.92 Å². The van der Waals surface area contributed by atoms with E-state index in [1.165, 1.54) is 23.9 Å². The Morgan fingerprint density at radius 2 is 2.14 bits per heavy atom. The first-order valence-electron chi connectivity index (χ1n) is 7.93. The van der Waals surface area contributed by atoms with Gasteiger partial charge in [-0.15, -0.1) is 5.10 Å². The number of rotatable bonds is 4. The van der Waals surface area contributed by atoms with Crippen LogP contribution < -0.4 is 10.7 Å². The Morgan fingerprint density at radius 1 is 1.39 bits per heavy atom. The van der Waals surface area contributed by atoms with Crippen molar-refractivity contribution in [3.8, 4) is 0 Å². The molecule has 3 heterocycles.